The molecule has 2 saturated heterocycles. The van der Waals surface area contributed by atoms with E-state index in [0.717, 1.165) is 19.3 Å². The molecule has 6 nitrogen and oxygen atoms in total. The van der Waals surface area contributed by atoms with Crippen LogP contribution in [0.15, 0.2) is 11.0 Å². The van der Waals surface area contributed by atoms with Crippen molar-refractivity contribution in [2.24, 2.45) is 0 Å². The fraction of sp³-hybridized carbons (Fsp3) is 0.692. The maximum absolute atomic E-state index is 12.3. The summed E-state index contributed by atoms with van der Waals surface area (Å²) >= 11 is 6.19. The molecule has 3 heterocycles. The van der Waals surface area contributed by atoms with E-state index in [1.54, 1.807) is 6.20 Å². The molecular weight excluding hydrogens is 282 g/mol. The molecule has 0 amide bonds. The quantitative estimate of drug-likeness (QED) is 0.888. The van der Waals surface area contributed by atoms with Crippen LogP contribution >= 0.6 is 11.6 Å². The molecule has 110 valence electrons. The Balaban J connectivity index is 1.88. The van der Waals surface area contributed by atoms with Crippen molar-refractivity contribution in [1.82, 2.24) is 9.78 Å². The topological polar surface area (TPSA) is 67.6 Å². The number of aromatic nitrogens is 2. The summed E-state index contributed by atoms with van der Waals surface area (Å²) in [4.78, 5) is 14.2. The number of β-amino-alcohol motifs (C(OH)–C–C–N with tert-alkyl or cyclic N) is 1. The fourth-order valence-corrected chi connectivity index (χ4v) is 2.99. The van der Waals surface area contributed by atoms with Gasteiger partial charge in [-0.25, -0.2) is 0 Å². The van der Waals surface area contributed by atoms with Gasteiger partial charge in [0.15, 0.2) is 6.23 Å². The molecule has 1 N–H and O–H groups in total. The average Bonchev–Trinajstić information content (AvgIpc) is 2.89. The molecule has 1 unspecified atom stereocenters. The maximum Gasteiger partial charge on any atom is 0.290 e. The van der Waals surface area contributed by atoms with E-state index in [2.05, 4.69) is 5.10 Å². The number of halogens is 1. The van der Waals surface area contributed by atoms with Crippen LogP contribution in [0.25, 0.3) is 0 Å². The van der Waals surface area contributed by atoms with Crippen LogP contribution in [-0.4, -0.2) is 40.7 Å². The highest BCUT2D eigenvalue weighted by molar-refractivity contribution is 6.33. The van der Waals surface area contributed by atoms with Crippen LogP contribution in [0, 0.1) is 0 Å². The molecule has 2 fully saturated rings. The monoisotopic (exact) mass is 299 g/mol. The van der Waals surface area contributed by atoms with E-state index >= 15 is 0 Å². The molecule has 0 aliphatic carbocycles. The lowest BCUT2D eigenvalue weighted by Gasteiger charge is -2.25. The summed E-state index contributed by atoms with van der Waals surface area (Å²) in [6.45, 7) is 1.83. The first-order valence-electron chi connectivity index (χ1n) is 6.99. The Morgan fingerprint density at radius 1 is 1.40 bits per heavy atom. The molecule has 2 atom stereocenters. The lowest BCUT2D eigenvalue weighted by Crippen LogP contribution is -2.33. The molecule has 7 heteroatoms. The number of ether oxygens (including phenoxy) is 1. The number of rotatable bonds is 2. The number of nitrogens with zero attached hydrogens (tertiary/aromatic N) is 3. The van der Waals surface area contributed by atoms with E-state index in [1.165, 1.54) is 4.68 Å². The van der Waals surface area contributed by atoms with Gasteiger partial charge < -0.3 is 14.7 Å². The number of anilines is 1. The summed E-state index contributed by atoms with van der Waals surface area (Å²) in [5.74, 6) is 0. The van der Waals surface area contributed by atoms with Gasteiger partial charge in [0.05, 0.1) is 18.0 Å². The minimum atomic E-state index is -0.366. The Morgan fingerprint density at radius 3 is 2.90 bits per heavy atom. The van der Waals surface area contributed by atoms with Gasteiger partial charge in [-0.3, -0.25) is 4.79 Å². The van der Waals surface area contributed by atoms with Crippen molar-refractivity contribution < 1.29 is 9.84 Å². The second-order valence-corrected chi connectivity index (χ2v) is 5.68. The second-order valence-electron chi connectivity index (χ2n) is 5.30. The highest BCUT2D eigenvalue weighted by Gasteiger charge is 2.26. The zero-order chi connectivity index (χ0) is 14.1. The van der Waals surface area contributed by atoms with Gasteiger partial charge in [0, 0.05) is 19.7 Å². The van der Waals surface area contributed by atoms with Gasteiger partial charge in [0.1, 0.15) is 5.02 Å². The summed E-state index contributed by atoms with van der Waals surface area (Å²) in [5.41, 5.74) is 0.276. The molecule has 20 heavy (non-hydrogen) atoms. The SMILES string of the molecule is O=c1c(Cl)c(N2CC[C@@H](O)C2)cnn1C1CCCCO1. The van der Waals surface area contributed by atoms with Crippen molar-refractivity contribution in [1.29, 1.82) is 0 Å². The van der Waals surface area contributed by atoms with Gasteiger partial charge in [-0.05, 0) is 25.7 Å². The molecule has 0 spiro atoms. The smallest absolute Gasteiger partial charge is 0.290 e. The van der Waals surface area contributed by atoms with E-state index < -0.39 is 0 Å². The molecule has 1 aromatic rings. The Kier molecular flexibility index (Phi) is 3.96. The van der Waals surface area contributed by atoms with Gasteiger partial charge in [0.25, 0.3) is 5.56 Å². The molecule has 3 rings (SSSR count). The Hall–Kier alpha value is -1.11. The van der Waals surface area contributed by atoms with Gasteiger partial charge in [-0.1, -0.05) is 11.6 Å². The van der Waals surface area contributed by atoms with Gasteiger partial charge >= 0.3 is 0 Å². The van der Waals surface area contributed by atoms with Crippen molar-refractivity contribution in [3.63, 3.8) is 0 Å². The van der Waals surface area contributed by atoms with Gasteiger partial charge in [0.2, 0.25) is 0 Å². The summed E-state index contributed by atoms with van der Waals surface area (Å²) in [6.07, 6.45) is 4.43. The molecular formula is C13H18ClN3O3. The summed E-state index contributed by atoms with van der Waals surface area (Å²) < 4.78 is 6.90. The molecule has 0 saturated carbocycles. The van der Waals surface area contributed by atoms with Gasteiger partial charge in [-0.15, -0.1) is 0 Å². The van der Waals surface area contributed by atoms with Crippen LogP contribution < -0.4 is 10.5 Å². The van der Waals surface area contributed by atoms with Crippen molar-refractivity contribution in [3.8, 4) is 0 Å². The third-order valence-electron chi connectivity index (χ3n) is 3.86. The maximum atomic E-state index is 12.3. The fourth-order valence-electron chi connectivity index (χ4n) is 2.74. The van der Waals surface area contributed by atoms with Crippen LogP contribution in [0.2, 0.25) is 5.02 Å². The minimum absolute atomic E-state index is 0.156. The average molecular weight is 300 g/mol. The normalized spacial score (nSPS) is 27.0. The predicted molar refractivity (Wildman–Crippen MR) is 75.2 cm³/mol. The molecule has 0 radical (unpaired) electrons. The Labute approximate surface area is 121 Å². The minimum Gasteiger partial charge on any atom is -0.391 e. The van der Waals surface area contributed by atoms with Gasteiger partial charge in [-0.2, -0.15) is 9.78 Å². The number of hydrogen-bond acceptors (Lipinski definition) is 5. The highest BCUT2D eigenvalue weighted by atomic mass is 35.5. The van der Waals surface area contributed by atoms with Crippen molar-refractivity contribution in [3.05, 3.63) is 21.6 Å². The number of aliphatic hydroxyl groups excluding tert-OH is 1. The Bertz CT molecular complexity index is 542. The first kappa shape index (κ1) is 13.9. The second kappa shape index (κ2) is 5.71. The third kappa shape index (κ3) is 2.55. The zero-order valence-electron chi connectivity index (χ0n) is 11.2. The number of hydrogen-bond donors (Lipinski definition) is 1. The van der Waals surface area contributed by atoms with Crippen molar-refractivity contribution in [2.45, 2.75) is 38.0 Å². The third-order valence-corrected chi connectivity index (χ3v) is 4.21. The molecule has 2 aliphatic rings. The summed E-state index contributed by atoms with van der Waals surface area (Å²) in [6, 6.07) is 0. The lowest BCUT2D eigenvalue weighted by molar-refractivity contribution is -0.0424. The summed E-state index contributed by atoms with van der Waals surface area (Å²) in [7, 11) is 0. The highest BCUT2D eigenvalue weighted by Crippen LogP contribution is 2.27. The van der Waals surface area contributed by atoms with E-state index in [-0.39, 0.29) is 22.9 Å². The van der Waals surface area contributed by atoms with Crippen LogP contribution in [0.4, 0.5) is 5.69 Å². The largest absolute Gasteiger partial charge is 0.391 e. The zero-order valence-corrected chi connectivity index (χ0v) is 11.9. The van der Waals surface area contributed by atoms with Crippen LogP contribution in [0.1, 0.15) is 31.9 Å². The van der Waals surface area contributed by atoms with Crippen LogP contribution in [0.3, 0.4) is 0 Å². The standard InChI is InChI=1S/C13H18ClN3O3/c14-12-10(16-5-4-9(18)8-16)7-15-17(13(12)19)11-3-1-2-6-20-11/h7,9,11,18H,1-6,8H2/t9-,11?/m1/s1. The van der Waals surface area contributed by atoms with Crippen molar-refractivity contribution in [2.75, 3.05) is 24.6 Å². The van der Waals surface area contributed by atoms with E-state index in [4.69, 9.17) is 16.3 Å². The van der Waals surface area contributed by atoms with E-state index in [0.29, 0.717) is 31.8 Å². The first-order valence-corrected chi connectivity index (χ1v) is 7.36. The Morgan fingerprint density at radius 2 is 2.25 bits per heavy atom. The van der Waals surface area contributed by atoms with Crippen molar-refractivity contribution >= 4 is 17.3 Å². The van der Waals surface area contributed by atoms with E-state index in [1.807, 2.05) is 4.90 Å². The molecule has 0 aromatic carbocycles. The molecule has 0 bridgehead atoms. The molecule has 1 aromatic heterocycles. The van der Waals surface area contributed by atoms with E-state index in [9.17, 15) is 9.90 Å². The molecule has 2 aliphatic heterocycles. The number of aliphatic hydroxyl groups is 1. The predicted octanol–water partition coefficient (Wildman–Crippen LogP) is 1.17. The lowest BCUT2D eigenvalue weighted by atomic mass is 10.2. The van der Waals surface area contributed by atoms with Crippen LogP contribution in [0.5, 0.6) is 0 Å². The van der Waals surface area contributed by atoms with Crippen LogP contribution in [-0.2, 0) is 4.74 Å². The summed E-state index contributed by atoms with van der Waals surface area (Å²) in [5, 5.41) is 13.9. The first-order chi connectivity index (χ1) is 9.66.